The monoisotopic (exact) mass is 413 g/mol. The highest BCUT2D eigenvalue weighted by Gasteiger charge is 2.17. The molecule has 7 nitrogen and oxygen atoms in total. The van der Waals surface area contributed by atoms with Crippen molar-refractivity contribution in [3.8, 4) is 11.5 Å². The second-order valence-electron chi connectivity index (χ2n) is 6.82. The lowest BCUT2D eigenvalue weighted by Crippen LogP contribution is -2.16. The predicted molar refractivity (Wildman–Crippen MR) is 114 cm³/mol. The topological polar surface area (TPSA) is 94.3 Å². The van der Waals surface area contributed by atoms with Gasteiger partial charge in [0, 0.05) is 11.1 Å². The Morgan fingerprint density at radius 3 is 2.42 bits per heavy atom. The molecule has 0 atom stereocenters. The molecule has 0 saturated carbocycles. The Morgan fingerprint density at radius 2 is 1.65 bits per heavy atom. The van der Waals surface area contributed by atoms with Gasteiger partial charge in [-0.05, 0) is 43.3 Å². The largest absolute Gasteiger partial charge is 0.454 e. The number of hydrogen-bond acceptors (Lipinski definition) is 6. The molecule has 4 rings (SSSR count). The highest BCUT2D eigenvalue weighted by Crippen LogP contribution is 2.20. The first kappa shape index (κ1) is 20.0. The van der Waals surface area contributed by atoms with E-state index in [1.807, 2.05) is 37.3 Å². The number of esters is 1. The standard InChI is InChI=1S/C24H19N3O4/c1-16-11-13-18(14-12-16)23-26-21(27-31-23)15-30-24(29)19-9-5-6-10-20(19)25-22(28)17-7-3-2-4-8-17/h2-14H,15H2,1H3,(H,25,28). The van der Waals surface area contributed by atoms with Crippen LogP contribution in [0.25, 0.3) is 11.5 Å². The van der Waals surface area contributed by atoms with Gasteiger partial charge in [0.1, 0.15) is 0 Å². The van der Waals surface area contributed by atoms with E-state index in [1.165, 1.54) is 0 Å². The second-order valence-corrected chi connectivity index (χ2v) is 6.82. The lowest BCUT2D eigenvalue weighted by atomic mass is 10.1. The number of amides is 1. The van der Waals surface area contributed by atoms with Crippen LogP contribution in [-0.4, -0.2) is 22.0 Å². The first-order chi connectivity index (χ1) is 15.1. The molecule has 1 N–H and O–H groups in total. The van der Waals surface area contributed by atoms with Crippen LogP contribution in [0.15, 0.2) is 83.4 Å². The maximum Gasteiger partial charge on any atom is 0.340 e. The minimum atomic E-state index is -0.606. The molecule has 3 aromatic carbocycles. The van der Waals surface area contributed by atoms with Crippen LogP contribution < -0.4 is 5.32 Å². The summed E-state index contributed by atoms with van der Waals surface area (Å²) in [7, 11) is 0. The Kier molecular flexibility index (Phi) is 5.84. The number of hydrogen-bond donors (Lipinski definition) is 1. The molecule has 0 radical (unpaired) electrons. The van der Waals surface area contributed by atoms with Crippen LogP contribution in [-0.2, 0) is 11.3 Å². The third-order valence-electron chi connectivity index (χ3n) is 4.53. The number of carbonyl (C=O) groups excluding carboxylic acids is 2. The third kappa shape index (κ3) is 4.84. The first-order valence-corrected chi connectivity index (χ1v) is 9.62. The smallest absolute Gasteiger partial charge is 0.340 e. The maximum atomic E-state index is 12.6. The van der Waals surface area contributed by atoms with E-state index in [1.54, 1.807) is 48.5 Å². The van der Waals surface area contributed by atoms with Crippen LogP contribution in [0.1, 0.15) is 32.1 Å². The van der Waals surface area contributed by atoms with Crippen molar-refractivity contribution in [2.45, 2.75) is 13.5 Å². The van der Waals surface area contributed by atoms with Crippen LogP contribution in [0, 0.1) is 6.92 Å². The molecule has 1 aromatic heterocycles. The number of ether oxygens (including phenoxy) is 1. The van der Waals surface area contributed by atoms with Crippen molar-refractivity contribution in [3.05, 3.63) is 101 Å². The van der Waals surface area contributed by atoms with Gasteiger partial charge in [-0.25, -0.2) is 4.79 Å². The molecule has 0 fully saturated rings. The minimum absolute atomic E-state index is 0.158. The highest BCUT2D eigenvalue weighted by atomic mass is 16.5. The highest BCUT2D eigenvalue weighted by molar-refractivity contribution is 6.07. The summed E-state index contributed by atoms with van der Waals surface area (Å²) in [6.07, 6.45) is 0. The molecule has 154 valence electrons. The molecule has 1 amide bonds. The summed E-state index contributed by atoms with van der Waals surface area (Å²) in [6, 6.07) is 23.0. The van der Waals surface area contributed by atoms with Crippen molar-refractivity contribution in [3.63, 3.8) is 0 Å². The molecular formula is C24H19N3O4. The zero-order chi connectivity index (χ0) is 21.6. The van der Waals surface area contributed by atoms with E-state index in [0.29, 0.717) is 17.1 Å². The van der Waals surface area contributed by atoms with Gasteiger partial charge in [0.25, 0.3) is 11.8 Å². The molecule has 0 spiro atoms. The molecule has 4 aromatic rings. The number of nitrogens with zero attached hydrogens (tertiary/aromatic N) is 2. The predicted octanol–water partition coefficient (Wildman–Crippen LogP) is 4.65. The number of nitrogens with one attached hydrogen (secondary N) is 1. The Morgan fingerprint density at radius 1 is 0.935 bits per heavy atom. The van der Waals surface area contributed by atoms with Gasteiger partial charge in [0.05, 0.1) is 11.3 Å². The van der Waals surface area contributed by atoms with Gasteiger partial charge in [-0.1, -0.05) is 53.2 Å². The average Bonchev–Trinajstić information content (AvgIpc) is 3.28. The summed E-state index contributed by atoms with van der Waals surface area (Å²) in [6.45, 7) is 1.83. The molecule has 0 unspecified atom stereocenters. The quantitative estimate of drug-likeness (QED) is 0.462. The summed E-state index contributed by atoms with van der Waals surface area (Å²) in [5.41, 5.74) is 2.98. The van der Waals surface area contributed by atoms with Crippen molar-refractivity contribution in [2.24, 2.45) is 0 Å². The van der Waals surface area contributed by atoms with Gasteiger partial charge in [0.2, 0.25) is 5.82 Å². The Labute approximate surface area is 178 Å². The Bertz CT molecular complexity index is 1200. The van der Waals surface area contributed by atoms with Crippen LogP contribution >= 0.6 is 0 Å². The zero-order valence-corrected chi connectivity index (χ0v) is 16.7. The summed E-state index contributed by atoms with van der Waals surface area (Å²) in [5, 5.41) is 6.60. The van der Waals surface area contributed by atoms with Crippen molar-refractivity contribution in [2.75, 3.05) is 5.32 Å². The Balaban J connectivity index is 1.43. The normalized spacial score (nSPS) is 10.5. The molecule has 1 heterocycles. The number of aryl methyl sites for hydroxylation is 1. The molecule has 31 heavy (non-hydrogen) atoms. The molecule has 0 bridgehead atoms. The molecule has 7 heteroatoms. The number of aromatic nitrogens is 2. The van der Waals surface area contributed by atoms with E-state index in [0.717, 1.165) is 11.1 Å². The van der Waals surface area contributed by atoms with E-state index < -0.39 is 5.97 Å². The van der Waals surface area contributed by atoms with Gasteiger partial charge in [-0.15, -0.1) is 0 Å². The first-order valence-electron chi connectivity index (χ1n) is 9.62. The van der Waals surface area contributed by atoms with Gasteiger partial charge in [-0.2, -0.15) is 4.98 Å². The lowest BCUT2D eigenvalue weighted by Gasteiger charge is -2.10. The van der Waals surface area contributed by atoms with Crippen LogP contribution in [0.3, 0.4) is 0 Å². The van der Waals surface area contributed by atoms with Crippen molar-refractivity contribution in [1.82, 2.24) is 10.1 Å². The fourth-order valence-electron chi connectivity index (χ4n) is 2.89. The summed E-state index contributed by atoms with van der Waals surface area (Å²) >= 11 is 0. The number of benzene rings is 3. The average molecular weight is 413 g/mol. The van der Waals surface area contributed by atoms with Gasteiger partial charge >= 0.3 is 5.97 Å². The van der Waals surface area contributed by atoms with Gasteiger partial charge < -0.3 is 14.6 Å². The van der Waals surface area contributed by atoms with Crippen LogP contribution in [0.5, 0.6) is 0 Å². The zero-order valence-electron chi connectivity index (χ0n) is 16.7. The van der Waals surface area contributed by atoms with Gasteiger partial charge in [-0.3, -0.25) is 4.79 Å². The molecule has 0 aliphatic rings. The number of anilines is 1. The lowest BCUT2D eigenvalue weighted by molar-refractivity contribution is 0.0461. The molecular weight excluding hydrogens is 394 g/mol. The van der Waals surface area contributed by atoms with Crippen LogP contribution in [0.2, 0.25) is 0 Å². The van der Waals surface area contributed by atoms with Crippen LogP contribution in [0.4, 0.5) is 5.69 Å². The third-order valence-corrected chi connectivity index (χ3v) is 4.53. The van der Waals surface area contributed by atoms with Crippen molar-refractivity contribution < 1.29 is 18.8 Å². The van der Waals surface area contributed by atoms with E-state index in [-0.39, 0.29) is 23.9 Å². The second kappa shape index (κ2) is 9.04. The molecule has 0 aliphatic carbocycles. The van der Waals surface area contributed by atoms with Crippen molar-refractivity contribution in [1.29, 1.82) is 0 Å². The summed E-state index contributed by atoms with van der Waals surface area (Å²) < 4.78 is 10.6. The van der Waals surface area contributed by atoms with Crippen molar-refractivity contribution >= 4 is 17.6 Å². The fraction of sp³-hybridized carbons (Fsp3) is 0.0833. The van der Waals surface area contributed by atoms with E-state index in [9.17, 15) is 9.59 Å². The maximum absolute atomic E-state index is 12.6. The summed E-state index contributed by atoms with van der Waals surface area (Å²) in [4.78, 5) is 29.3. The summed E-state index contributed by atoms with van der Waals surface area (Å²) in [5.74, 6) is -0.330. The molecule has 0 aliphatic heterocycles. The van der Waals surface area contributed by atoms with Gasteiger partial charge in [0.15, 0.2) is 6.61 Å². The van der Waals surface area contributed by atoms with E-state index in [2.05, 4.69) is 15.5 Å². The number of rotatable bonds is 6. The fourth-order valence-corrected chi connectivity index (χ4v) is 2.89. The number of para-hydroxylation sites is 1. The van der Waals surface area contributed by atoms with E-state index in [4.69, 9.17) is 9.26 Å². The SMILES string of the molecule is Cc1ccc(-c2nc(COC(=O)c3ccccc3NC(=O)c3ccccc3)no2)cc1. The minimum Gasteiger partial charge on any atom is -0.454 e. The Hall–Kier alpha value is -4.26. The molecule has 0 saturated heterocycles. The van der Waals surface area contributed by atoms with E-state index >= 15 is 0 Å². The number of carbonyl (C=O) groups is 2.